The van der Waals surface area contributed by atoms with E-state index < -0.39 is 0 Å². The molecule has 5 nitrogen and oxygen atoms in total. The van der Waals surface area contributed by atoms with Gasteiger partial charge in [-0.05, 0) is 26.8 Å². The van der Waals surface area contributed by atoms with Gasteiger partial charge >= 0.3 is 0 Å². The molecule has 0 aliphatic heterocycles. The molecule has 0 aliphatic rings. The highest BCUT2D eigenvalue weighted by molar-refractivity contribution is 5.96. The number of aryl methyl sites for hydroxylation is 2. The maximum atomic E-state index is 12.5. The molecule has 1 aromatic carbocycles. The summed E-state index contributed by atoms with van der Waals surface area (Å²) in [5.74, 6) is 0.783. The highest BCUT2D eigenvalue weighted by Gasteiger charge is 2.20. The number of hydrogen-bond acceptors (Lipinski definition) is 3. The second-order valence-electron chi connectivity index (χ2n) is 5.01. The maximum absolute atomic E-state index is 12.5. The van der Waals surface area contributed by atoms with E-state index in [9.17, 15) is 4.79 Å². The summed E-state index contributed by atoms with van der Waals surface area (Å²) < 4.78 is 5.60. The molecule has 1 N–H and O–H groups in total. The van der Waals surface area contributed by atoms with E-state index in [1.54, 1.807) is 11.9 Å². The van der Waals surface area contributed by atoms with Crippen molar-refractivity contribution in [2.75, 3.05) is 13.7 Å². The number of benzene rings is 1. The Kier molecular flexibility index (Phi) is 4.62. The van der Waals surface area contributed by atoms with Crippen molar-refractivity contribution in [2.24, 2.45) is 0 Å². The normalized spacial score (nSPS) is 10.5. The molecule has 0 saturated heterocycles. The predicted molar refractivity (Wildman–Crippen MR) is 81.5 cm³/mol. The van der Waals surface area contributed by atoms with Crippen LogP contribution in [0.4, 0.5) is 0 Å². The second-order valence-corrected chi connectivity index (χ2v) is 5.01. The number of amides is 1. The summed E-state index contributed by atoms with van der Waals surface area (Å²) in [4.78, 5) is 14.2. The number of hydrogen-bond donors (Lipinski definition) is 1. The molecule has 0 fully saturated rings. The number of rotatable bonds is 5. The molecular weight excluding hydrogens is 266 g/mol. The van der Waals surface area contributed by atoms with Gasteiger partial charge in [-0.25, -0.2) is 0 Å². The Morgan fingerprint density at radius 3 is 2.67 bits per heavy atom. The van der Waals surface area contributed by atoms with Crippen LogP contribution < -0.4 is 4.74 Å². The third-order valence-electron chi connectivity index (χ3n) is 3.37. The number of carbonyl (C=O) groups excluding carboxylic acids is 1. The zero-order valence-electron chi connectivity index (χ0n) is 12.9. The van der Waals surface area contributed by atoms with Gasteiger partial charge in [0.1, 0.15) is 5.75 Å². The number of nitrogens with zero attached hydrogens (tertiary/aromatic N) is 2. The van der Waals surface area contributed by atoms with E-state index in [0.29, 0.717) is 18.7 Å². The van der Waals surface area contributed by atoms with Crippen LogP contribution in [0.1, 0.15) is 34.2 Å². The van der Waals surface area contributed by atoms with E-state index in [0.717, 1.165) is 22.7 Å². The number of aromatic amines is 1. The fourth-order valence-electron chi connectivity index (χ4n) is 2.31. The molecule has 0 aliphatic carbocycles. The van der Waals surface area contributed by atoms with E-state index >= 15 is 0 Å². The molecule has 0 saturated carbocycles. The molecule has 0 bridgehead atoms. The van der Waals surface area contributed by atoms with Crippen LogP contribution in [0.3, 0.4) is 0 Å². The molecule has 21 heavy (non-hydrogen) atoms. The van der Waals surface area contributed by atoms with Crippen molar-refractivity contribution in [1.82, 2.24) is 15.1 Å². The Hall–Kier alpha value is -2.30. The van der Waals surface area contributed by atoms with Crippen LogP contribution in [0.15, 0.2) is 24.3 Å². The molecule has 0 radical (unpaired) electrons. The van der Waals surface area contributed by atoms with Crippen molar-refractivity contribution in [3.05, 3.63) is 46.8 Å². The Balaban J connectivity index is 2.18. The van der Waals surface area contributed by atoms with Crippen molar-refractivity contribution in [2.45, 2.75) is 27.3 Å². The predicted octanol–water partition coefficient (Wildman–Crippen LogP) is 2.70. The number of nitrogens with one attached hydrogen (secondary N) is 1. The summed E-state index contributed by atoms with van der Waals surface area (Å²) in [6.07, 6.45) is 0. The summed E-state index contributed by atoms with van der Waals surface area (Å²) in [5.41, 5.74) is 3.16. The average molecular weight is 287 g/mol. The summed E-state index contributed by atoms with van der Waals surface area (Å²) in [5, 5.41) is 6.92. The van der Waals surface area contributed by atoms with Gasteiger partial charge in [-0.3, -0.25) is 9.89 Å². The zero-order valence-corrected chi connectivity index (χ0v) is 12.9. The Bertz CT molecular complexity index is 615. The van der Waals surface area contributed by atoms with E-state index in [-0.39, 0.29) is 5.91 Å². The van der Waals surface area contributed by atoms with Gasteiger partial charge in [-0.15, -0.1) is 0 Å². The van der Waals surface area contributed by atoms with Crippen molar-refractivity contribution < 1.29 is 9.53 Å². The van der Waals surface area contributed by atoms with Crippen molar-refractivity contribution in [3.8, 4) is 5.75 Å². The molecule has 1 amide bonds. The van der Waals surface area contributed by atoms with Gasteiger partial charge in [0, 0.05) is 24.8 Å². The standard InChI is InChI=1S/C16H21N3O2/c1-5-21-14-9-7-6-8-13(14)10-19(4)16(20)15-11(2)17-18-12(15)3/h6-9H,5,10H2,1-4H3,(H,17,18). The Morgan fingerprint density at radius 2 is 2.05 bits per heavy atom. The molecule has 0 spiro atoms. The van der Waals surface area contributed by atoms with Gasteiger partial charge in [0.05, 0.1) is 17.9 Å². The van der Waals surface area contributed by atoms with Crippen LogP contribution >= 0.6 is 0 Å². The monoisotopic (exact) mass is 287 g/mol. The third kappa shape index (κ3) is 3.24. The molecule has 0 unspecified atom stereocenters. The first-order valence-electron chi connectivity index (χ1n) is 7.02. The quantitative estimate of drug-likeness (QED) is 0.920. The number of para-hydroxylation sites is 1. The summed E-state index contributed by atoms with van der Waals surface area (Å²) in [6, 6.07) is 7.78. The second kappa shape index (κ2) is 6.43. The fraction of sp³-hybridized carbons (Fsp3) is 0.375. The van der Waals surface area contributed by atoms with Crippen LogP contribution in [-0.2, 0) is 6.54 Å². The van der Waals surface area contributed by atoms with E-state index in [1.165, 1.54) is 0 Å². The van der Waals surface area contributed by atoms with Crippen molar-refractivity contribution >= 4 is 5.91 Å². The topological polar surface area (TPSA) is 58.2 Å². The lowest BCUT2D eigenvalue weighted by Gasteiger charge is -2.19. The van der Waals surface area contributed by atoms with Gasteiger partial charge < -0.3 is 9.64 Å². The van der Waals surface area contributed by atoms with Crippen LogP contribution in [-0.4, -0.2) is 34.7 Å². The molecule has 1 aromatic heterocycles. The first-order valence-corrected chi connectivity index (χ1v) is 7.02. The van der Waals surface area contributed by atoms with E-state index in [1.807, 2.05) is 45.0 Å². The third-order valence-corrected chi connectivity index (χ3v) is 3.37. The van der Waals surface area contributed by atoms with Crippen LogP contribution in [0.5, 0.6) is 5.75 Å². The average Bonchev–Trinajstić information content (AvgIpc) is 2.80. The zero-order chi connectivity index (χ0) is 15.4. The smallest absolute Gasteiger partial charge is 0.257 e. The van der Waals surface area contributed by atoms with Crippen LogP contribution in [0.25, 0.3) is 0 Å². The van der Waals surface area contributed by atoms with Gasteiger partial charge in [0.2, 0.25) is 0 Å². The van der Waals surface area contributed by atoms with Crippen molar-refractivity contribution in [3.63, 3.8) is 0 Å². The highest BCUT2D eigenvalue weighted by atomic mass is 16.5. The van der Waals surface area contributed by atoms with Gasteiger partial charge in [0.15, 0.2) is 0 Å². The fourth-order valence-corrected chi connectivity index (χ4v) is 2.31. The Morgan fingerprint density at radius 1 is 1.33 bits per heavy atom. The number of H-pyrrole nitrogens is 1. The minimum atomic E-state index is -0.0370. The van der Waals surface area contributed by atoms with Crippen molar-refractivity contribution in [1.29, 1.82) is 0 Å². The first kappa shape index (κ1) is 15.1. The molecule has 112 valence electrons. The minimum absolute atomic E-state index is 0.0370. The summed E-state index contributed by atoms with van der Waals surface area (Å²) in [7, 11) is 1.79. The van der Waals surface area contributed by atoms with E-state index in [2.05, 4.69) is 10.2 Å². The van der Waals surface area contributed by atoms with Gasteiger partial charge in [0.25, 0.3) is 5.91 Å². The maximum Gasteiger partial charge on any atom is 0.257 e. The minimum Gasteiger partial charge on any atom is -0.494 e. The summed E-state index contributed by atoms with van der Waals surface area (Å²) >= 11 is 0. The molecule has 0 atom stereocenters. The van der Waals surface area contributed by atoms with Gasteiger partial charge in [-0.1, -0.05) is 18.2 Å². The van der Waals surface area contributed by atoms with E-state index in [4.69, 9.17) is 4.74 Å². The molecule has 2 aromatic rings. The molecule has 2 rings (SSSR count). The lowest BCUT2D eigenvalue weighted by Crippen LogP contribution is -2.27. The lowest BCUT2D eigenvalue weighted by molar-refractivity contribution is 0.0782. The number of ether oxygens (including phenoxy) is 1. The summed E-state index contributed by atoms with van der Waals surface area (Å²) in [6.45, 7) is 6.74. The van der Waals surface area contributed by atoms with Gasteiger partial charge in [-0.2, -0.15) is 5.10 Å². The highest BCUT2D eigenvalue weighted by Crippen LogP contribution is 2.21. The molecular formula is C16H21N3O2. The number of carbonyl (C=O) groups is 1. The molecule has 5 heteroatoms. The molecule has 1 heterocycles. The number of aromatic nitrogens is 2. The first-order chi connectivity index (χ1) is 10.0. The Labute approximate surface area is 124 Å². The lowest BCUT2D eigenvalue weighted by atomic mass is 10.1. The van der Waals surface area contributed by atoms with Crippen LogP contribution in [0.2, 0.25) is 0 Å². The van der Waals surface area contributed by atoms with Crippen LogP contribution in [0, 0.1) is 13.8 Å². The largest absolute Gasteiger partial charge is 0.494 e. The SMILES string of the molecule is CCOc1ccccc1CN(C)C(=O)c1c(C)n[nH]c1C.